The molecule has 0 saturated heterocycles. The lowest BCUT2D eigenvalue weighted by Crippen LogP contribution is -2.09. The predicted octanol–water partition coefficient (Wildman–Crippen LogP) is 2.18. The summed E-state index contributed by atoms with van der Waals surface area (Å²) in [5, 5.41) is 9.54. The average molecular weight is 277 g/mol. The van der Waals surface area contributed by atoms with E-state index < -0.39 is 17.9 Å². The molecule has 82 valence electrons. The van der Waals surface area contributed by atoms with Crippen molar-refractivity contribution in [3.05, 3.63) is 34.1 Å². The normalized spacial score (nSPS) is 12.3. The van der Waals surface area contributed by atoms with Gasteiger partial charge in [0.05, 0.1) is 19.6 Å². The fourth-order valence-corrected chi connectivity index (χ4v) is 1.46. The molecule has 0 aromatic heterocycles. The van der Waals surface area contributed by atoms with Crippen LogP contribution in [0.15, 0.2) is 22.7 Å². The highest BCUT2D eigenvalue weighted by molar-refractivity contribution is 9.10. The van der Waals surface area contributed by atoms with Crippen LogP contribution in [0.1, 0.15) is 18.1 Å². The number of halogens is 2. The Morgan fingerprint density at radius 2 is 2.33 bits per heavy atom. The number of hydrogen-bond acceptors (Lipinski definition) is 3. The van der Waals surface area contributed by atoms with Crippen LogP contribution in [0.5, 0.6) is 0 Å². The molecule has 15 heavy (non-hydrogen) atoms. The van der Waals surface area contributed by atoms with E-state index in [0.29, 0.717) is 4.47 Å². The smallest absolute Gasteiger partial charge is 0.308 e. The first-order valence-corrected chi connectivity index (χ1v) is 5.03. The molecule has 1 aromatic carbocycles. The van der Waals surface area contributed by atoms with E-state index in [9.17, 15) is 14.3 Å². The van der Waals surface area contributed by atoms with E-state index in [-0.39, 0.29) is 12.0 Å². The summed E-state index contributed by atoms with van der Waals surface area (Å²) in [4.78, 5) is 10.9. The molecule has 0 aliphatic carbocycles. The van der Waals surface area contributed by atoms with Gasteiger partial charge >= 0.3 is 5.97 Å². The number of aliphatic hydroxyl groups excluding tert-OH is 1. The van der Waals surface area contributed by atoms with Crippen molar-refractivity contribution in [2.75, 3.05) is 7.11 Å². The number of aliphatic hydroxyl groups is 1. The minimum atomic E-state index is -1.18. The fraction of sp³-hybridized carbons (Fsp3) is 0.300. The van der Waals surface area contributed by atoms with Crippen molar-refractivity contribution in [1.82, 2.24) is 0 Å². The van der Waals surface area contributed by atoms with Gasteiger partial charge in [-0.05, 0) is 12.1 Å². The second-order valence-electron chi connectivity index (χ2n) is 2.96. The number of carbonyl (C=O) groups excluding carboxylic acids is 1. The van der Waals surface area contributed by atoms with Gasteiger partial charge in [-0.2, -0.15) is 0 Å². The first kappa shape index (κ1) is 12.1. The molecule has 0 heterocycles. The van der Waals surface area contributed by atoms with Gasteiger partial charge in [0.1, 0.15) is 5.82 Å². The summed E-state index contributed by atoms with van der Waals surface area (Å²) in [7, 11) is 1.22. The van der Waals surface area contributed by atoms with E-state index in [1.807, 2.05) is 0 Å². The van der Waals surface area contributed by atoms with Crippen LogP contribution in [0, 0.1) is 5.82 Å². The summed E-state index contributed by atoms with van der Waals surface area (Å²) in [6.45, 7) is 0. The van der Waals surface area contributed by atoms with Crippen molar-refractivity contribution in [3.63, 3.8) is 0 Å². The van der Waals surface area contributed by atoms with E-state index in [0.717, 1.165) is 0 Å². The van der Waals surface area contributed by atoms with E-state index in [4.69, 9.17) is 0 Å². The van der Waals surface area contributed by atoms with Crippen molar-refractivity contribution in [2.45, 2.75) is 12.5 Å². The highest BCUT2D eigenvalue weighted by Gasteiger charge is 2.16. The van der Waals surface area contributed by atoms with Crippen molar-refractivity contribution in [3.8, 4) is 0 Å². The summed E-state index contributed by atoms with van der Waals surface area (Å²) in [5.74, 6) is -1.13. The average Bonchev–Trinajstić information content (AvgIpc) is 2.17. The predicted molar refractivity (Wildman–Crippen MR) is 55.7 cm³/mol. The lowest BCUT2D eigenvalue weighted by Gasteiger charge is -2.10. The molecule has 1 rings (SSSR count). The molecule has 0 spiro atoms. The highest BCUT2D eigenvalue weighted by atomic mass is 79.9. The van der Waals surface area contributed by atoms with Crippen molar-refractivity contribution in [1.29, 1.82) is 0 Å². The van der Waals surface area contributed by atoms with Gasteiger partial charge in [0.25, 0.3) is 0 Å². The molecular formula is C10H10BrFO3. The third-order valence-electron chi connectivity index (χ3n) is 1.91. The van der Waals surface area contributed by atoms with E-state index in [1.54, 1.807) is 6.07 Å². The molecule has 0 fully saturated rings. The van der Waals surface area contributed by atoms with E-state index in [2.05, 4.69) is 20.7 Å². The van der Waals surface area contributed by atoms with Gasteiger partial charge in [-0.25, -0.2) is 4.39 Å². The molecule has 0 bridgehead atoms. The molecule has 0 amide bonds. The zero-order valence-electron chi connectivity index (χ0n) is 8.04. The van der Waals surface area contributed by atoms with Crippen LogP contribution in [-0.4, -0.2) is 18.2 Å². The van der Waals surface area contributed by atoms with Crippen molar-refractivity contribution < 1.29 is 19.0 Å². The van der Waals surface area contributed by atoms with Crippen LogP contribution < -0.4 is 0 Å². The molecule has 3 nitrogen and oxygen atoms in total. The molecule has 0 radical (unpaired) electrons. The van der Waals surface area contributed by atoms with Gasteiger partial charge in [0, 0.05) is 10.0 Å². The second kappa shape index (κ2) is 5.23. The number of ether oxygens (including phenoxy) is 1. The van der Waals surface area contributed by atoms with Crippen LogP contribution >= 0.6 is 15.9 Å². The third kappa shape index (κ3) is 3.28. The molecule has 1 aromatic rings. The quantitative estimate of drug-likeness (QED) is 0.861. The molecule has 1 N–H and O–H groups in total. The van der Waals surface area contributed by atoms with Crippen LogP contribution in [0.2, 0.25) is 0 Å². The Morgan fingerprint density at radius 3 is 2.87 bits per heavy atom. The molecule has 1 atom stereocenters. The minimum absolute atomic E-state index is 0.0867. The topological polar surface area (TPSA) is 46.5 Å². The first-order valence-electron chi connectivity index (χ1n) is 4.24. The SMILES string of the molecule is COC(=O)C[C@H](O)c1ccc(Br)cc1F. The van der Waals surface area contributed by atoms with E-state index in [1.165, 1.54) is 19.2 Å². The first-order chi connectivity index (χ1) is 7.04. The summed E-state index contributed by atoms with van der Waals surface area (Å²) >= 11 is 3.10. The highest BCUT2D eigenvalue weighted by Crippen LogP contribution is 2.23. The maximum Gasteiger partial charge on any atom is 0.308 e. The molecule has 0 aliphatic rings. The molecule has 0 saturated carbocycles. The van der Waals surface area contributed by atoms with Crippen molar-refractivity contribution >= 4 is 21.9 Å². The standard InChI is InChI=1S/C10H10BrFO3/c1-15-10(14)5-9(13)7-3-2-6(11)4-8(7)12/h2-4,9,13H,5H2,1H3/t9-/m0/s1. The maximum atomic E-state index is 13.3. The summed E-state index contributed by atoms with van der Waals surface area (Å²) in [6, 6.07) is 4.25. The van der Waals surface area contributed by atoms with Gasteiger partial charge < -0.3 is 9.84 Å². The fourth-order valence-electron chi connectivity index (χ4n) is 1.12. The van der Waals surface area contributed by atoms with Gasteiger partial charge in [0.15, 0.2) is 0 Å². The lowest BCUT2D eigenvalue weighted by atomic mass is 10.1. The second-order valence-corrected chi connectivity index (χ2v) is 3.88. The number of methoxy groups -OCH3 is 1. The monoisotopic (exact) mass is 276 g/mol. The van der Waals surface area contributed by atoms with Gasteiger partial charge in [-0.1, -0.05) is 22.0 Å². The number of hydrogen-bond donors (Lipinski definition) is 1. The Labute approximate surface area is 95.0 Å². The zero-order chi connectivity index (χ0) is 11.4. The zero-order valence-corrected chi connectivity index (χ0v) is 9.62. The van der Waals surface area contributed by atoms with Crippen molar-refractivity contribution in [2.24, 2.45) is 0 Å². The lowest BCUT2D eigenvalue weighted by molar-refractivity contribution is -0.142. The number of rotatable bonds is 3. The van der Waals surface area contributed by atoms with Crippen LogP contribution in [0.3, 0.4) is 0 Å². The minimum Gasteiger partial charge on any atom is -0.469 e. The summed E-state index contributed by atoms with van der Waals surface area (Å²) in [6.07, 6.45) is -1.43. The van der Waals surface area contributed by atoms with Gasteiger partial charge in [-0.15, -0.1) is 0 Å². The largest absolute Gasteiger partial charge is 0.469 e. The maximum absolute atomic E-state index is 13.3. The molecule has 0 aliphatic heterocycles. The number of benzene rings is 1. The Hall–Kier alpha value is -0.940. The Kier molecular flexibility index (Phi) is 4.23. The Bertz CT molecular complexity index is 368. The number of esters is 1. The summed E-state index contributed by atoms with van der Waals surface area (Å²) < 4.78 is 18.3. The van der Waals surface area contributed by atoms with E-state index >= 15 is 0 Å². The van der Waals surface area contributed by atoms with Gasteiger partial charge in [0.2, 0.25) is 0 Å². The van der Waals surface area contributed by atoms with Gasteiger partial charge in [-0.3, -0.25) is 4.79 Å². The number of carbonyl (C=O) groups is 1. The Morgan fingerprint density at radius 1 is 1.67 bits per heavy atom. The Balaban J connectivity index is 2.82. The summed E-state index contributed by atoms with van der Waals surface area (Å²) in [5.41, 5.74) is 0.0867. The molecular weight excluding hydrogens is 267 g/mol. The molecule has 0 unspecified atom stereocenters. The van der Waals surface area contributed by atoms with Crippen LogP contribution in [-0.2, 0) is 9.53 Å². The van der Waals surface area contributed by atoms with Crippen LogP contribution in [0.4, 0.5) is 4.39 Å². The van der Waals surface area contributed by atoms with Crippen LogP contribution in [0.25, 0.3) is 0 Å². The molecule has 5 heteroatoms. The third-order valence-corrected chi connectivity index (χ3v) is 2.40.